The summed E-state index contributed by atoms with van der Waals surface area (Å²) in [5.41, 5.74) is 6.18. The molecule has 1 rings (SSSR count). The van der Waals surface area contributed by atoms with E-state index in [0.717, 1.165) is 5.56 Å². The summed E-state index contributed by atoms with van der Waals surface area (Å²) in [6, 6.07) is 5.17. The molecule has 108 valence electrons. The predicted molar refractivity (Wildman–Crippen MR) is 71.8 cm³/mol. The van der Waals surface area contributed by atoms with E-state index in [-0.39, 0.29) is 12.5 Å². The number of carbonyl (C=O) groups is 3. The Kier molecular flexibility index (Phi) is 5.52. The average Bonchev–Trinajstić information content (AvgIpc) is 2.43. The molecule has 0 aromatic heterocycles. The molecule has 3 amide bonds. The van der Waals surface area contributed by atoms with E-state index in [9.17, 15) is 14.4 Å². The second-order valence-corrected chi connectivity index (χ2v) is 4.14. The van der Waals surface area contributed by atoms with Crippen molar-refractivity contribution in [3.05, 3.63) is 35.4 Å². The Morgan fingerprint density at radius 3 is 2.35 bits per heavy atom. The number of carbonyl (C=O) groups excluding carboxylic acids is 3. The van der Waals surface area contributed by atoms with Crippen LogP contribution in [0.4, 0.5) is 4.79 Å². The Morgan fingerprint density at radius 1 is 1.25 bits per heavy atom. The van der Waals surface area contributed by atoms with Crippen molar-refractivity contribution in [1.29, 1.82) is 0 Å². The minimum Gasteiger partial charge on any atom is -0.465 e. The fourth-order valence-corrected chi connectivity index (χ4v) is 1.50. The molecule has 0 saturated heterocycles. The van der Waals surface area contributed by atoms with Gasteiger partial charge in [0.1, 0.15) is 6.04 Å². The summed E-state index contributed by atoms with van der Waals surface area (Å²) in [7, 11) is 1.31. The Morgan fingerprint density at radius 2 is 1.85 bits per heavy atom. The fraction of sp³-hybridized carbons (Fsp3) is 0.308. The number of hydrogen-bond acceptors (Lipinski definition) is 4. The summed E-state index contributed by atoms with van der Waals surface area (Å²) >= 11 is 0. The van der Waals surface area contributed by atoms with Gasteiger partial charge in [0.05, 0.1) is 12.7 Å². The molecular weight excluding hydrogens is 262 g/mol. The second kappa shape index (κ2) is 7.13. The molecule has 0 aliphatic rings. The summed E-state index contributed by atoms with van der Waals surface area (Å²) in [6.45, 7) is 1.81. The second-order valence-electron chi connectivity index (χ2n) is 4.14. The van der Waals surface area contributed by atoms with E-state index in [0.29, 0.717) is 5.56 Å². The van der Waals surface area contributed by atoms with Gasteiger partial charge in [-0.25, -0.2) is 9.59 Å². The van der Waals surface area contributed by atoms with Gasteiger partial charge in [-0.15, -0.1) is 0 Å². The third-order valence-electron chi connectivity index (χ3n) is 2.59. The first-order valence-electron chi connectivity index (χ1n) is 5.95. The zero-order valence-corrected chi connectivity index (χ0v) is 11.3. The number of benzene rings is 1. The van der Waals surface area contributed by atoms with Gasteiger partial charge < -0.3 is 21.1 Å². The first kappa shape index (κ1) is 15.5. The fourth-order valence-electron chi connectivity index (χ4n) is 1.50. The predicted octanol–water partition coefficient (Wildman–Crippen LogP) is 0.146. The van der Waals surface area contributed by atoms with Crippen molar-refractivity contribution in [1.82, 2.24) is 10.6 Å². The summed E-state index contributed by atoms with van der Waals surface area (Å²) in [5, 5.41) is 4.92. The molecule has 0 bridgehead atoms. The molecule has 1 unspecified atom stereocenters. The standard InChI is InChI=1S/C13H17N3O4/c1-8(16-13(14)19)11(17)15-7-9-3-5-10(6-4-9)12(18)20-2/h3-6,8H,7H2,1-2H3,(H,15,17)(H3,14,16,19). The minimum absolute atomic E-state index is 0.283. The van der Waals surface area contributed by atoms with Crippen LogP contribution in [-0.4, -0.2) is 31.1 Å². The van der Waals surface area contributed by atoms with Crippen LogP contribution in [0.15, 0.2) is 24.3 Å². The number of ether oxygens (including phenoxy) is 1. The Hall–Kier alpha value is -2.57. The van der Waals surface area contributed by atoms with E-state index in [1.807, 2.05) is 0 Å². The van der Waals surface area contributed by atoms with Gasteiger partial charge in [0, 0.05) is 6.54 Å². The number of esters is 1. The van der Waals surface area contributed by atoms with Gasteiger partial charge in [0.15, 0.2) is 0 Å². The van der Waals surface area contributed by atoms with Crippen molar-refractivity contribution in [2.45, 2.75) is 19.5 Å². The zero-order valence-electron chi connectivity index (χ0n) is 11.3. The number of nitrogens with two attached hydrogens (primary N) is 1. The molecule has 7 nitrogen and oxygen atoms in total. The van der Waals surface area contributed by atoms with Crippen LogP contribution in [0.2, 0.25) is 0 Å². The summed E-state index contributed by atoms with van der Waals surface area (Å²) < 4.78 is 4.58. The van der Waals surface area contributed by atoms with Gasteiger partial charge in [-0.1, -0.05) is 12.1 Å². The maximum atomic E-state index is 11.6. The third kappa shape index (κ3) is 4.60. The largest absolute Gasteiger partial charge is 0.465 e. The van der Waals surface area contributed by atoms with Crippen LogP contribution in [0.25, 0.3) is 0 Å². The molecule has 0 radical (unpaired) electrons. The number of nitrogens with one attached hydrogen (secondary N) is 2. The highest BCUT2D eigenvalue weighted by Gasteiger charge is 2.13. The average molecular weight is 279 g/mol. The highest BCUT2D eigenvalue weighted by Crippen LogP contribution is 2.05. The SMILES string of the molecule is COC(=O)c1ccc(CNC(=O)C(C)NC(N)=O)cc1. The van der Waals surface area contributed by atoms with Gasteiger partial charge in [-0.05, 0) is 24.6 Å². The monoisotopic (exact) mass is 279 g/mol. The van der Waals surface area contributed by atoms with E-state index in [1.54, 1.807) is 24.3 Å². The summed E-state index contributed by atoms with van der Waals surface area (Å²) in [4.78, 5) is 33.5. The zero-order chi connectivity index (χ0) is 15.1. The van der Waals surface area contributed by atoms with Gasteiger partial charge in [0.25, 0.3) is 0 Å². The quantitative estimate of drug-likeness (QED) is 0.666. The smallest absolute Gasteiger partial charge is 0.337 e. The molecule has 0 fully saturated rings. The number of urea groups is 1. The molecule has 0 spiro atoms. The number of primary amides is 1. The first-order chi connectivity index (χ1) is 9.43. The molecule has 4 N–H and O–H groups in total. The first-order valence-corrected chi connectivity index (χ1v) is 5.95. The van der Waals surface area contributed by atoms with Gasteiger partial charge in [0.2, 0.25) is 5.91 Å². The Bertz CT molecular complexity index is 499. The van der Waals surface area contributed by atoms with E-state index in [4.69, 9.17) is 5.73 Å². The van der Waals surface area contributed by atoms with Crippen LogP contribution >= 0.6 is 0 Å². The summed E-state index contributed by atoms with van der Waals surface area (Å²) in [6.07, 6.45) is 0. The maximum absolute atomic E-state index is 11.6. The lowest BCUT2D eigenvalue weighted by Crippen LogP contribution is -2.46. The van der Waals surface area contributed by atoms with Gasteiger partial charge in [-0.2, -0.15) is 0 Å². The van der Waals surface area contributed by atoms with Crippen LogP contribution in [0.3, 0.4) is 0 Å². The van der Waals surface area contributed by atoms with E-state index >= 15 is 0 Å². The lowest BCUT2D eigenvalue weighted by atomic mass is 10.1. The van der Waals surface area contributed by atoms with Crippen LogP contribution in [0, 0.1) is 0 Å². The van der Waals surface area contributed by atoms with Crippen LogP contribution in [0.1, 0.15) is 22.8 Å². The van der Waals surface area contributed by atoms with Crippen LogP contribution in [0.5, 0.6) is 0 Å². The Labute approximate surface area is 116 Å². The lowest BCUT2D eigenvalue weighted by Gasteiger charge is -2.12. The lowest BCUT2D eigenvalue weighted by molar-refractivity contribution is -0.122. The number of hydrogen-bond donors (Lipinski definition) is 3. The maximum Gasteiger partial charge on any atom is 0.337 e. The van der Waals surface area contributed by atoms with Crippen molar-refractivity contribution >= 4 is 17.9 Å². The molecule has 0 aliphatic carbocycles. The molecule has 0 saturated carbocycles. The minimum atomic E-state index is -0.755. The number of methoxy groups -OCH3 is 1. The van der Waals surface area contributed by atoms with E-state index in [1.165, 1.54) is 14.0 Å². The molecule has 20 heavy (non-hydrogen) atoms. The molecular formula is C13H17N3O4. The molecule has 1 atom stereocenters. The third-order valence-corrected chi connectivity index (χ3v) is 2.59. The van der Waals surface area contributed by atoms with Gasteiger partial charge in [-0.3, -0.25) is 4.79 Å². The van der Waals surface area contributed by atoms with Crippen molar-refractivity contribution in [3.8, 4) is 0 Å². The Balaban J connectivity index is 2.51. The van der Waals surface area contributed by atoms with Crippen molar-refractivity contribution in [2.75, 3.05) is 7.11 Å². The van der Waals surface area contributed by atoms with E-state index < -0.39 is 18.0 Å². The van der Waals surface area contributed by atoms with Crippen LogP contribution < -0.4 is 16.4 Å². The summed E-state index contributed by atoms with van der Waals surface area (Å²) in [5.74, 6) is -0.763. The normalized spacial score (nSPS) is 11.3. The van der Waals surface area contributed by atoms with Crippen LogP contribution in [-0.2, 0) is 16.1 Å². The molecule has 7 heteroatoms. The molecule has 1 aromatic rings. The van der Waals surface area contributed by atoms with Crippen molar-refractivity contribution in [2.24, 2.45) is 5.73 Å². The number of amides is 3. The molecule has 0 aliphatic heterocycles. The van der Waals surface area contributed by atoms with Crippen molar-refractivity contribution in [3.63, 3.8) is 0 Å². The number of rotatable bonds is 5. The van der Waals surface area contributed by atoms with E-state index in [2.05, 4.69) is 15.4 Å². The highest BCUT2D eigenvalue weighted by atomic mass is 16.5. The highest BCUT2D eigenvalue weighted by molar-refractivity contribution is 5.89. The topological polar surface area (TPSA) is 111 Å². The van der Waals surface area contributed by atoms with Gasteiger partial charge >= 0.3 is 12.0 Å². The van der Waals surface area contributed by atoms with Crippen molar-refractivity contribution < 1.29 is 19.1 Å². The molecule has 1 aromatic carbocycles. The molecule has 0 heterocycles.